The van der Waals surface area contributed by atoms with Gasteiger partial charge in [0.05, 0.1) is 11.5 Å². The van der Waals surface area contributed by atoms with Crippen LogP contribution in [0.15, 0.2) is 18.2 Å². The van der Waals surface area contributed by atoms with Crippen molar-refractivity contribution >= 4 is 0 Å². The zero-order valence-corrected chi connectivity index (χ0v) is 12.8. The van der Waals surface area contributed by atoms with Gasteiger partial charge in [0.15, 0.2) is 0 Å². The minimum atomic E-state index is -4.34. The molecule has 3 aliphatic rings. The van der Waals surface area contributed by atoms with Gasteiger partial charge in [-0.3, -0.25) is 0 Å². The average molecular weight is 326 g/mol. The molecular formula is C18H21F3O2. The SMILES string of the molecule is Oc1ccc2c(c1)CC[C@@H]1[C@@H]2CC[C@]2(C(F)(F)F)C(O)CC[C@@H]12. The highest BCUT2D eigenvalue weighted by molar-refractivity contribution is 5.40. The van der Waals surface area contributed by atoms with Crippen molar-refractivity contribution in [2.75, 3.05) is 0 Å². The third-order valence-corrected chi connectivity index (χ3v) is 6.71. The second-order valence-corrected chi connectivity index (χ2v) is 7.47. The smallest absolute Gasteiger partial charge is 0.397 e. The van der Waals surface area contributed by atoms with Gasteiger partial charge in [-0.1, -0.05) is 6.07 Å². The van der Waals surface area contributed by atoms with Crippen molar-refractivity contribution in [2.24, 2.45) is 17.3 Å². The minimum Gasteiger partial charge on any atom is -0.508 e. The number of aliphatic hydroxyl groups is 1. The summed E-state index contributed by atoms with van der Waals surface area (Å²) in [4.78, 5) is 0. The maximum Gasteiger partial charge on any atom is 0.397 e. The van der Waals surface area contributed by atoms with E-state index in [9.17, 15) is 23.4 Å². The van der Waals surface area contributed by atoms with E-state index in [0.717, 1.165) is 17.5 Å². The van der Waals surface area contributed by atoms with E-state index in [4.69, 9.17) is 0 Å². The number of aromatic hydroxyl groups is 1. The molecule has 0 spiro atoms. The Labute approximate surface area is 133 Å². The van der Waals surface area contributed by atoms with Crippen molar-refractivity contribution in [2.45, 2.75) is 56.7 Å². The van der Waals surface area contributed by atoms with E-state index in [0.29, 0.717) is 19.3 Å². The highest BCUT2D eigenvalue weighted by Gasteiger charge is 2.69. The van der Waals surface area contributed by atoms with E-state index >= 15 is 0 Å². The molecule has 2 nitrogen and oxygen atoms in total. The maximum atomic E-state index is 13.9. The van der Waals surface area contributed by atoms with Crippen molar-refractivity contribution < 1.29 is 23.4 Å². The molecule has 0 bridgehead atoms. The quantitative estimate of drug-likeness (QED) is 0.752. The van der Waals surface area contributed by atoms with Crippen LogP contribution in [0.5, 0.6) is 5.75 Å². The number of rotatable bonds is 0. The predicted octanol–water partition coefficient (Wildman–Crippen LogP) is 4.15. The lowest BCUT2D eigenvalue weighted by Crippen LogP contribution is -2.54. The lowest BCUT2D eigenvalue weighted by molar-refractivity contribution is -0.278. The van der Waals surface area contributed by atoms with Gasteiger partial charge in [-0.05, 0) is 79.5 Å². The second kappa shape index (κ2) is 4.88. The van der Waals surface area contributed by atoms with E-state index < -0.39 is 23.6 Å². The fourth-order valence-corrected chi connectivity index (χ4v) is 5.76. The van der Waals surface area contributed by atoms with Gasteiger partial charge >= 0.3 is 6.18 Å². The van der Waals surface area contributed by atoms with Crippen LogP contribution < -0.4 is 0 Å². The maximum absolute atomic E-state index is 13.9. The van der Waals surface area contributed by atoms with E-state index in [1.54, 1.807) is 12.1 Å². The van der Waals surface area contributed by atoms with E-state index in [2.05, 4.69) is 0 Å². The topological polar surface area (TPSA) is 40.5 Å². The summed E-state index contributed by atoms with van der Waals surface area (Å²) in [6.45, 7) is 0. The van der Waals surface area contributed by atoms with Crippen LogP contribution in [0.2, 0.25) is 0 Å². The molecule has 1 aromatic rings. The fourth-order valence-electron chi connectivity index (χ4n) is 5.76. The van der Waals surface area contributed by atoms with Crippen LogP contribution in [0.1, 0.15) is 49.1 Å². The Morgan fingerprint density at radius 1 is 1.09 bits per heavy atom. The first kappa shape index (κ1) is 15.3. The van der Waals surface area contributed by atoms with Gasteiger partial charge in [0.25, 0.3) is 0 Å². The number of alkyl halides is 3. The zero-order chi connectivity index (χ0) is 16.4. The molecule has 1 unspecified atom stereocenters. The van der Waals surface area contributed by atoms with Gasteiger partial charge in [0.2, 0.25) is 0 Å². The van der Waals surface area contributed by atoms with Crippen molar-refractivity contribution in [1.82, 2.24) is 0 Å². The van der Waals surface area contributed by atoms with Crippen molar-refractivity contribution in [3.05, 3.63) is 29.3 Å². The highest BCUT2D eigenvalue weighted by Crippen LogP contribution is 2.66. The molecule has 0 aliphatic heterocycles. The van der Waals surface area contributed by atoms with Gasteiger partial charge in [-0.25, -0.2) is 0 Å². The first-order chi connectivity index (χ1) is 10.8. The Morgan fingerprint density at radius 2 is 1.87 bits per heavy atom. The first-order valence-corrected chi connectivity index (χ1v) is 8.41. The summed E-state index contributed by atoms with van der Waals surface area (Å²) in [5, 5.41) is 19.8. The molecule has 3 aliphatic carbocycles. The highest BCUT2D eigenvalue weighted by atomic mass is 19.4. The van der Waals surface area contributed by atoms with Crippen LogP contribution in [-0.2, 0) is 6.42 Å². The van der Waals surface area contributed by atoms with Crippen LogP contribution in [0.3, 0.4) is 0 Å². The molecule has 0 heterocycles. The molecule has 126 valence electrons. The average Bonchev–Trinajstić information content (AvgIpc) is 2.85. The lowest BCUT2D eigenvalue weighted by Gasteiger charge is -2.51. The Morgan fingerprint density at radius 3 is 2.61 bits per heavy atom. The van der Waals surface area contributed by atoms with Gasteiger partial charge in [-0.2, -0.15) is 13.2 Å². The summed E-state index contributed by atoms with van der Waals surface area (Å²) in [5.41, 5.74) is 0.281. The summed E-state index contributed by atoms with van der Waals surface area (Å²) < 4.78 is 41.6. The summed E-state index contributed by atoms with van der Waals surface area (Å²) in [6, 6.07) is 5.27. The molecule has 0 radical (unpaired) electrons. The molecule has 2 N–H and O–H groups in total. The van der Waals surface area contributed by atoms with Gasteiger partial charge in [-0.15, -0.1) is 0 Å². The third-order valence-electron chi connectivity index (χ3n) is 6.71. The first-order valence-electron chi connectivity index (χ1n) is 8.41. The molecule has 4 rings (SSSR count). The van der Waals surface area contributed by atoms with E-state index in [1.807, 2.05) is 6.07 Å². The van der Waals surface area contributed by atoms with Crippen LogP contribution in [0, 0.1) is 17.3 Å². The third kappa shape index (κ3) is 1.98. The van der Waals surface area contributed by atoms with Gasteiger partial charge in [0.1, 0.15) is 5.75 Å². The molecule has 5 heteroatoms. The molecule has 0 amide bonds. The van der Waals surface area contributed by atoms with Crippen LogP contribution in [-0.4, -0.2) is 22.5 Å². The number of phenols is 1. The predicted molar refractivity (Wildman–Crippen MR) is 79.1 cm³/mol. The number of aliphatic hydroxyl groups excluding tert-OH is 1. The molecule has 2 saturated carbocycles. The number of aryl methyl sites for hydroxylation is 1. The summed E-state index contributed by atoms with van der Waals surface area (Å²) in [7, 11) is 0. The molecular weight excluding hydrogens is 305 g/mol. The van der Waals surface area contributed by atoms with E-state index in [1.165, 1.54) is 0 Å². The monoisotopic (exact) mass is 326 g/mol. The Bertz CT molecular complexity index is 627. The summed E-state index contributed by atoms with van der Waals surface area (Å²) >= 11 is 0. The molecule has 0 aromatic heterocycles. The second-order valence-electron chi connectivity index (χ2n) is 7.47. The number of hydrogen-bond acceptors (Lipinski definition) is 2. The fraction of sp³-hybridized carbons (Fsp3) is 0.667. The van der Waals surface area contributed by atoms with Crippen LogP contribution in [0.25, 0.3) is 0 Å². The Balaban J connectivity index is 1.74. The van der Waals surface area contributed by atoms with Crippen molar-refractivity contribution in [3.63, 3.8) is 0 Å². The van der Waals surface area contributed by atoms with Gasteiger partial charge < -0.3 is 10.2 Å². The lowest BCUT2D eigenvalue weighted by atomic mass is 9.54. The summed E-state index contributed by atoms with van der Waals surface area (Å²) in [6.07, 6.45) is -2.95. The number of halogens is 3. The molecule has 1 aromatic carbocycles. The summed E-state index contributed by atoms with van der Waals surface area (Å²) in [5.74, 6) is -0.137. The zero-order valence-electron chi connectivity index (χ0n) is 12.8. The van der Waals surface area contributed by atoms with Crippen LogP contribution >= 0.6 is 0 Å². The van der Waals surface area contributed by atoms with Gasteiger partial charge in [0, 0.05) is 0 Å². The number of phenolic OH excluding ortho intramolecular Hbond substituents is 1. The minimum absolute atomic E-state index is 0.0143. The van der Waals surface area contributed by atoms with Crippen molar-refractivity contribution in [3.8, 4) is 5.75 Å². The Kier molecular flexibility index (Phi) is 3.25. The van der Waals surface area contributed by atoms with Crippen molar-refractivity contribution in [1.29, 1.82) is 0 Å². The van der Waals surface area contributed by atoms with Crippen LogP contribution in [0.4, 0.5) is 13.2 Å². The normalized spacial score (nSPS) is 39.5. The number of hydrogen-bond donors (Lipinski definition) is 2. The molecule has 0 saturated heterocycles. The molecule has 23 heavy (non-hydrogen) atoms. The largest absolute Gasteiger partial charge is 0.508 e. The number of fused-ring (bicyclic) bond motifs is 5. The Hall–Kier alpha value is -1.23. The number of benzene rings is 1. The molecule has 5 atom stereocenters. The standard InChI is InChI=1S/C18H21F3O2/c19-18(20,21)17-8-7-13-12-4-2-11(22)9-10(12)1-3-14(13)15(17)5-6-16(17)23/h2,4,9,13-16,22-23H,1,3,5-8H2/t13-,14-,15+,16?,17-/m1/s1. The molecule has 2 fully saturated rings. The van der Waals surface area contributed by atoms with E-state index in [-0.39, 0.29) is 30.4 Å².